The summed E-state index contributed by atoms with van der Waals surface area (Å²) in [5.74, 6) is -0.0972. The number of carbonyl (C=O) groups is 1. The third-order valence-electron chi connectivity index (χ3n) is 4.42. The Kier molecular flexibility index (Phi) is 9.68. The van der Waals surface area contributed by atoms with E-state index in [1.54, 1.807) is 0 Å². The first-order chi connectivity index (χ1) is 10.2. The molecule has 0 radical (unpaired) electrons. The fourth-order valence-corrected chi connectivity index (χ4v) is 3.14. The summed E-state index contributed by atoms with van der Waals surface area (Å²) in [5, 5.41) is 3.36. The van der Waals surface area contributed by atoms with Crippen molar-refractivity contribution in [1.82, 2.24) is 10.2 Å². The van der Waals surface area contributed by atoms with Crippen molar-refractivity contribution in [2.45, 2.75) is 77.3 Å². The zero-order valence-electron chi connectivity index (χ0n) is 14.2. The van der Waals surface area contributed by atoms with E-state index in [0.717, 1.165) is 38.4 Å². The molecule has 1 saturated carbocycles. The van der Waals surface area contributed by atoms with Crippen LogP contribution in [0.15, 0.2) is 0 Å². The van der Waals surface area contributed by atoms with Gasteiger partial charge in [0.25, 0.3) is 0 Å². The molecule has 1 N–H and O–H groups in total. The van der Waals surface area contributed by atoms with Crippen molar-refractivity contribution in [3.63, 3.8) is 0 Å². The van der Waals surface area contributed by atoms with Gasteiger partial charge in [0, 0.05) is 6.04 Å². The van der Waals surface area contributed by atoms with Crippen molar-refractivity contribution in [2.75, 3.05) is 26.7 Å². The van der Waals surface area contributed by atoms with Crippen molar-refractivity contribution in [2.24, 2.45) is 0 Å². The van der Waals surface area contributed by atoms with Crippen LogP contribution >= 0.6 is 0 Å². The Bertz CT molecular complexity index is 278. The van der Waals surface area contributed by atoms with Gasteiger partial charge in [-0.05, 0) is 52.7 Å². The van der Waals surface area contributed by atoms with Crippen molar-refractivity contribution < 1.29 is 9.53 Å². The van der Waals surface area contributed by atoms with Crippen molar-refractivity contribution in [3.8, 4) is 0 Å². The van der Waals surface area contributed by atoms with Crippen LogP contribution in [0, 0.1) is 0 Å². The molecule has 1 atom stereocenters. The van der Waals surface area contributed by atoms with Gasteiger partial charge in [0.15, 0.2) is 0 Å². The summed E-state index contributed by atoms with van der Waals surface area (Å²) in [6.45, 7) is 6.43. The summed E-state index contributed by atoms with van der Waals surface area (Å²) < 4.78 is 5.12. The van der Waals surface area contributed by atoms with E-state index in [0.29, 0.717) is 6.61 Å². The van der Waals surface area contributed by atoms with Crippen LogP contribution in [-0.2, 0) is 9.53 Å². The standard InChI is InChI=1S/C17H34N2O2/c1-4-10-16(17(20)21-5-2)18-13-9-14-19(3)15-11-7-6-8-12-15/h15-16,18H,4-14H2,1-3H3. The van der Waals surface area contributed by atoms with Gasteiger partial charge in [-0.2, -0.15) is 0 Å². The summed E-state index contributed by atoms with van der Waals surface area (Å²) >= 11 is 0. The fourth-order valence-electron chi connectivity index (χ4n) is 3.14. The molecule has 0 aliphatic heterocycles. The highest BCUT2D eigenvalue weighted by atomic mass is 16.5. The lowest BCUT2D eigenvalue weighted by atomic mass is 9.94. The molecule has 1 aliphatic rings. The largest absolute Gasteiger partial charge is 0.465 e. The lowest BCUT2D eigenvalue weighted by molar-refractivity contribution is -0.145. The van der Waals surface area contributed by atoms with Crippen molar-refractivity contribution in [3.05, 3.63) is 0 Å². The highest BCUT2D eigenvalue weighted by Crippen LogP contribution is 2.21. The van der Waals surface area contributed by atoms with Gasteiger partial charge in [-0.15, -0.1) is 0 Å². The van der Waals surface area contributed by atoms with Gasteiger partial charge in [0.1, 0.15) is 6.04 Å². The molecule has 1 fully saturated rings. The normalized spacial score (nSPS) is 17.9. The lowest BCUT2D eigenvalue weighted by Gasteiger charge is -2.31. The van der Waals surface area contributed by atoms with Gasteiger partial charge in [0.2, 0.25) is 0 Å². The predicted molar refractivity (Wildman–Crippen MR) is 87.5 cm³/mol. The van der Waals surface area contributed by atoms with Crippen LogP contribution < -0.4 is 5.32 Å². The van der Waals surface area contributed by atoms with Gasteiger partial charge in [-0.1, -0.05) is 32.6 Å². The van der Waals surface area contributed by atoms with E-state index in [-0.39, 0.29) is 12.0 Å². The van der Waals surface area contributed by atoms with Crippen LogP contribution in [0.3, 0.4) is 0 Å². The number of nitrogens with zero attached hydrogens (tertiary/aromatic N) is 1. The molecular weight excluding hydrogens is 264 g/mol. The molecule has 0 aromatic heterocycles. The van der Waals surface area contributed by atoms with E-state index in [1.165, 1.54) is 32.1 Å². The zero-order valence-corrected chi connectivity index (χ0v) is 14.2. The van der Waals surface area contributed by atoms with Crippen LogP contribution in [0.4, 0.5) is 0 Å². The minimum Gasteiger partial charge on any atom is -0.465 e. The molecule has 0 aromatic rings. The Morgan fingerprint density at radius 2 is 2.00 bits per heavy atom. The average Bonchev–Trinajstić information content (AvgIpc) is 2.51. The highest BCUT2D eigenvalue weighted by molar-refractivity contribution is 5.75. The number of esters is 1. The number of hydrogen-bond acceptors (Lipinski definition) is 4. The molecule has 0 saturated heterocycles. The molecule has 0 amide bonds. The molecule has 1 aliphatic carbocycles. The van der Waals surface area contributed by atoms with Crippen LogP contribution in [0.5, 0.6) is 0 Å². The van der Waals surface area contributed by atoms with Crippen LogP contribution in [0.1, 0.15) is 65.2 Å². The average molecular weight is 298 g/mol. The Balaban J connectivity index is 2.19. The monoisotopic (exact) mass is 298 g/mol. The Morgan fingerprint density at radius 1 is 1.29 bits per heavy atom. The van der Waals surface area contributed by atoms with Gasteiger partial charge in [0.05, 0.1) is 6.61 Å². The van der Waals surface area contributed by atoms with E-state index in [4.69, 9.17) is 4.74 Å². The summed E-state index contributed by atoms with van der Waals surface area (Å²) in [4.78, 5) is 14.3. The minimum absolute atomic E-state index is 0.0972. The molecule has 4 nitrogen and oxygen atoms in total. The number of nitrogens with one attached hydrogen (secondary N) is 1. The summed E-state index contributed by atoms with van der Waals surface area (Å²) in [5.41, 5.74) is 0. The molecule has 0 aromatic carbocycles. The Labute approximate surface area is 130 Å². The number of rotatable bonds is 10. The maximum Gasteiger partial charge on any atom is 0.323 e. The second kappa shape index (κ2) is 11.0. The lowest BCUT2D eigenvalue weighted by Crippen LogP contribution is -2.40. The smallest absolute Gasteiger partial charge is 0.323 e. The molecule has 0 spiro atoms. The SMILES string of the molecule is CCCC(NCCCN(C)C1CCCCC1)C(=O)OCC. The minimum atomic E-state index is -0.130. The molecule has 1 unspecified atom stereocenters. The van der Waals surface area contributed by atoms with Crippen LogP contribution in [0.2, 0.25) is 0 Å². The molecule has 0 bridgehead atoms. The van der Waals surface area contributed by atoms with Crippen molar-refractivity contribution >= 4 is 5.97 Å². The van der Waals surface area contributed by atoms with Gasteiger partial charge in [-0.25, -0.2) is 0 Å². The molecule has 21 heavy (non-hydrogen) atoms. The predicted octanol–water partition coefficient (Wildman–Crippen LogP) is 2.96. The summed E-state index contributed by atoms with van der Waals surface area (Å²) in [7, 11) is 2.24. The molecule has 4 heteroatoms. The van der Waals surface area contributed by atoms with E-state index in [2.05, 4.69) is 24.2 Å². The van der Waals surface area contributed by atoms with Gasteiger partial charge >= 0.3 is 5.97 Å². The van der Waals surface area contributed by atoms with E-state index in [9.17, 15) is 4.79 Å². The second-order valence-corrected chi connectivity index (χ2v) is 6.17. The third kappa shape index (κ3) is 7.28. The molecular formula is C17H34N2O2. The first kappa shape index (κ1) is 18.4. The Hall–Kier alpha value is -0.610. The topological polar surface area (TPSA) is 41.6 Å². The van der Waals surface area contributed by atoms with Crippen LogP contribution in [0.25, 0.3) is 0 Å². The number of hydrogen-bond donors (Lipinski definition) is 1. The third-order valence-corrected chi connectivity index (χ3v) is 4.42. The second-order valence-electron chi connectivity index (χ2n) is 6.17. The molecule has 1 rings (SSSR count). The van der Waals surface area contributed by atoms with E-state index in [1.807, 2.05) is 6.92 Å². The van der Waals surface area contributed by atoms with Gasteiger partial charge in [-0.3, -0.25) is 4.79 Å². The first-order valence-electron chi connectivity index (χ1n) is 8.79. The fraction of sp³-hybridized carbons (Fsp3) is 0.941. The maximum absolute atomic E-state index is 11.8. The maximum atomic E-state index is 11.8. The van der Waals surface area contributed by atoms with Crippen molar-refractivity contribution in [1.29, 1.82) is 0 Å². The molecule has 0 heterocycles. The quantitative estimate of drug-likeness (QED) is 0.497. The summed E-state index contributed by atoms with van der Waals surface area (Å²) in [6, 6.07) is 0.644. The Morgan fingerprint density at radius 3 is 2.62 bits per heavy atom. The zero-order chi connectivity index (χ0) is 15.5. The van der Waals surface area contributed by atoms with Gasteiger partial charge < -0.3 is 15.0 Å². The highest BCUT2D eigenvalue weighted by Gasteiger charge is 2.19. The first-order valence-corrected chi connectivity index (χ1v) is 8.79. The summed E-state index contributed by atoms with van der Waals surface area (Å²) in [6.07, 6.45) is 9.83. The number of ether oxygens (including phenoxy) is 1. The molecule has 124 valence electrons. The number of carbonyl (C=O) groups excluding carboxylic acids is 1. The van der Waals surface area contributed by atoms with E-state index >= 15 is 0 Å². The van der Waals surface area contributed by atoms with E-state index < -0.39 is 0 Å². The van der Waals surface area contributed by atoms with Crippen LogP contribution in [-0.4, -0.2) is 49.7 Å².